The molecule has 1 atom stereocenters. The van der Waals surface area contributed by atoms with Gasteiger partial charge in [0.05, 0.1) is 42.3 Å². The predicted molar refractivity (Wildman–Crippen MR) is 170 cm³/mol. The third kappa shape index (κ3) is 7.45. The van der Waals surface area contributed by atoms with Gasteiger partial charge in [0, 0.05) is 28.8 Å². The van der Waals surface area contributed by atoms with Crippen molar-refractivity contribution in [2.45, 2.75) is 37.8 Å². The zero-order chi connectivity index (χ0) is 31.1. The number of aromatic nitrogens is 5. The monoisotopic (exact) mass is 611 g/mol. The summed E-state index contributed by atoms with van der Waals surface area (Å²) in [5.74, 6) is -0.607. The number of imidazole rings is 1. The van der Waals surface area contributed by atoms with Gasteiger partial charge in [-0.25, -0.2) is 23.7 Å². The lowest BCUT2D eigenvalue weighted by Gasteiger charge is -2.19. The van der Waals surface area contributed by atoms with E-state index in [0.29, 0.717) is 39.8 Å². The van der Waals surface area contributed by atoms with Crippen molar-refractivity contribution in [2.24, 2.45) is 0 Å². The highest BCUT2D eigenvalue weighted by atomic mass is 32.2. The van der Waals surface area contributed by atoms with Crippen LogP contribution in [0.4, 0.5) is 8.78 Å². The van der Waals surface area contributed by atoms with Crippen molar-refractivity contribution in [3.05, 3.63) is 143 Å². The maximum absolute atomic E-state index is 14.9. The lowest BCUT2D eigenvalue weighted by Crippen LogP contribution is -2.23. The first-order chi connectivity index (χ1) is 21.3. The molecule has 0 radical (unpaired) electrons. The van der Waals surface area contributed by atoms with Crippen LogP contribution in [0, 0.1) is 18.6 Å². The molecule has 7 nitrogen and oxygen atoms in total. The Bertz CT molecular complexity index is 1900. The van der Waals surface area contributed by atoms with Gasteiger partial charge in [-0.05, 0) is 54.8 Å². The third-order valence-corrected chi connectivity index (χ3v) is 7.82. The smallest absolute Gasteiger partial charge is 0.286 e. The van der Waals surface area contributed by atoms with Crippen LogP contribution < -0.4 is 5.56 Å². The van der Waals surface area contributed by atoms with Gasteiger partial charge in [0.1, 0.15) is 5.82 Å². The van der Waals surface area contributed by atoms with E-state index < -0.39 is 11.4 Å². The Hall–Kier alpha value is -4.67. The molecule has 5 rings (SSSR count). The molecule has 2 aromatic carbocycles. The van der Waals surface area contributed by atoms with Crippen molar-refractivity contribution >= 4 is 22.8 Å². The van der Waals surface area contributed by atoms with Gasteiger partial charge in [-0.3, -0.25) is 4.79 Å². The number of allylic oxidation sites excluding steroid dienone is 2. The molecule has 0 spiro atoms. The first kappa shape index (κ1) is 30.8. The van der Waals surface area contributed by atoms with E-state index in [1.165, 1.54) is 28.5 Å². The maximum Gasteiger partial charge on any atom is 0.286 e. The fraction of sp³-hybridized carbons (Fsp3) is 0.176. The van der Waals surface area contributed by atoms with Crippen LogP contribution in [0.5, 0.6) is 0 Å². The van der Waals surface area contributed by atoms with Crippen LogP contribution in [-0.4, -0.2) is 36.4 Å². The van der Waals surface area contributed by atoms with Crippen molar-refractivity contribution in [2.75, 3.05) is 5.75 Å². The third-order valence-electron chi connectivity index (χ3n) is 6.94. The van der Waals surface area contributed by atoms with Crippen LogP contribution in [0.25, 0.3) is 22.3 Å². The summed E-state index contributed by atoms with van der Waals surface area (Å²) in [6, 6.07) is 15.1. The number of benzene rings is 2. The first-order valence-corrected chi connectivity index (χ1v) is 14.9. The molecular weight excluding hydrogens is 580 g/mol. The Morgan fingerprint density at radius 2 is 1.95 bits per heavy atom. The average Bonchev–Trinajstić information content (AvgIpc) is 3.48. The van der Waals surface area contributed by atoms with Gasteiger partial charge in [-0.2, -0.15) is 0 Å². The number of H-pyrrole nitrogens is 1. The minimum Gasteiger partial charge on any atom is -0.369 e. The molecule has 1 N–H and O–H groups in total. The second-order valence-corrected chi connectivity index (χ2v) is 11.1. The number of ether oxygens (including phenoxy) is 1. The number of aryl methyl sites for hydroxylation is 1. The highest BCUT2D eigenvalue weighted by Gasteiger charge is 2.16. The van der Waals surface area contributed by atoms with Crippen LogP contribution >= 0.6 is 11.8 Å². The number of hydrogen-bond acceptors (Lipinski definition) is 6. The van der Waals surface area contributed by atoms with Gasteiger partial charge in [-0.15, -0.1) is 0 Å². The molecule has 0 bridgehead atoms. The minimum absolute atomic E-state index is 0.104. The van der Waals surface area contributed by atoms with E-state index >= 15 is 0 Å². The van der Waals surface area contributed by atoms with Crippen LogP contribution in [0.3, 0.4) is 0 Å². The summed E-state index contributed by atoms with van der Waals surface area (Å²) in [6.45, 7) is 9.79. The van der Waals surface area contributed by atoms with Crippen molar-refractivity contribution in [3.8, 4) is 11.3 Å². The van der Waals surface area contributed by atoms with Crippen molar-refractivity contribution in [3.63, 3.8) is 0 Å². The van der Waals surface area contributed by atoms with Crippen molar-refractivity contribution in [1.82, 2.24) is 24.5 Å². The lowest BCUT2D eigenvalue weighted by atomic mass is 10.1. The summed E-state index contributed by atoms with van der Waals surface area (Å²) in [7, 11) is 0. The first-order valence-electron chi connectivity index (χ1n) is 14.0. The summed E-state index contributed by atoms with van der Waals surface area (Å²) < 4.78 is 36.5. The molecule has 0 aliphatic carbocycles. The van der Waals surface area contributed by atoms with E-state index in [2.05, 4.69) is 33.1 Å². The van der Waals surface area contributed by atoms with Gasteiger partial charge in [0.2, 0.25) is 0 Å². The number of halogens is 2. The van der Waals surface area contributed by atoms with E-state index in [1.807, 2.05) is 31.2 Å². The molecule has 224 valence electrons. The Balaban J connectivity index is 1.32. The number of pyridine rings is 1. The number of fused-ring (bicyclic) bond motifs is 1. The lowest BCUT2D eigenvalue weighted by molar-refractivity contribution is 0.0633. The number of rotatable bonds is 13. The Labute approximate surface area is 258 Å². The summed E-state index contributed by atoms with van der Waals surface area (Å²) >= 11 is 1.42. The fourth-order valence-electron chi connectivity index (χ4n) is 4.74. The molecule has 1 unspecified atom stereocenters. The van der Waals surface area contributed by atoms with Crippen LogP contribution in [0.1, 0.15) is 23.2 Å². The van der Waals surface area contributed by atoms with Gasteiger partial charge < -0.3 is 14.3 Å². The molecule has 10 heteroatoms. The van der Waals surface area contributed by atoms with Crippen LogP contribution in [-0.2, 0) is 17.9 Å². The van der Waals surface area contributed by atoms with E-state index in [9.17, 15) is 13.6 Å². The molecule has 3 aromatic heterocycles. The molecule has 0 amide bonds. The summed E-state index contributed by atoms with van der Waals surface area (Å²) in [5.41, 5.74) is 4.71. The number of nitrogens with one attached hydrogen (secondary N) is 1. The maximum atomic E-state index is 14.9. The zero-order valence-electron chi connectivity index (χ0n) is 24.2. The quantitative estimate of drug-likeness (QED) is 0.0863. The standard InChI is InChI=1S/C34H31F2N5O2S/c1-4-8-24(5-2)32(43-20-25-9-6-7-10-27(25)35)13-14-44-34-39-22(3)15-30(40-34)26-17-28(36)33(42)41(19-26)18-23-11-12-29-31(16-23)38-21-37-29/h4-12,15-17,19,21,32H,1-2,13-14,18,20H2,3H3,(H,37,38)/b24-8+. The largest absolute Gasteiger partial charge is 0.369 e. The summed E-state index contributed by atoms with van der Waals surface area (Å²) in [6.07, 6.45) is 8.61. The highest BCUT2D eigenvalue weighted by molar-refractivity contribution is 7.99. The SMILES string of the molecule is C=C/C=C(\C=C)C(CCSc1nc(C)cc(-c2cc(F)c(=O)n(Cc3ccc4nc[nH]c4c3)c2)n1)OCc1ccccc1F. The van der Waals surface area contributed by atoms with Crippen LogP contribution in [0.15, 0.2) is 114 Å². The van der Waals surface area contributed by atoms with Gasteiger partial charge >= 0.3 is 0 Å². The highest BCUT2D eigenvalue weighted by Crippen LogP contribution is 2.25. The van der Waals surface area contributed by atoms with E-state index in [0.717, 1.165) is 22.2 Å². The second kappa shape index (κ2) is 14.2. The number of nitrogens with zero attached hydrogens (tertiary/aromatic N) is 4. The topological polar surface area (TPSA) is 85.7 Å². The minimum atomic E-state index is -0.864. The molecule has 0 saturated carbocycles. The zero-order valence-corrected chi connectivity index (χ0v) is 25.0. The number of aromatic amines is 1. The summed E-state index contributed by atoms with van der Waals surface area (Å²) in [4.78, 5) is 29.2. The molecular formula is C34H31F2N5O2S. The van der Waals surface area contributed by atoms with Crippen molar-refractivity contribution < 1.29 is 13.5 Å². The molecule has 5 aromatic rings. The van der Waals surface area contributed by atoms with E-state index in [-0.39, 0.29) is 25.1 Å². The molecule has 0 fully saturated rings. The summed E-state index contributed by atoms with van der Waals surface area (Å²) in [5, 5.41) is 0.503. The van der Waals surface area contributed by atoms with E-state index in [1.54, 1.807) is 48.9 Å². The predicted octanol–water partition coefficient (Wildman–Crippen LogP) is 7.18. The molecule has 44 heavy (non-hydrogen) atoms. The van der Waals surface area contributed by atoms with Gasteiger partial charge in [-0.1, -0.05) is 67.4 Å². The Kier molecular flexibility index (Phi) is 9.93. The number of hydrogen-bond donors (Lipinski definition) is 1. The Morgan fingerprint density at radius 1 is 1.11 bits per heavy atom. The number of thioether (sulfide) groups is 1. The second-order valence-electron chi connectivity index (χ2n) is 10.1. The van der Waals surface area contributed by atoms with Crippen molar-refractivity contribution in [1.29, 1.82) is 0 Å². The molecule has 0 aliphatic heterocycles. The van der Waals surface area contributed by atoms with Gasteiger partial charge in [0.15, 0.2) is 11.0 Å². The molecule has 0 saturated heterocycles. The molecule has 0 aliphatic rings. The van der Waals surface area contributed by atoms with Gasteiger partial charge in [0.25, 0.3) is 5.56 Å². The Morgan fingerprint density at radius 3 is 2.75 bits per heavy atom. The fourth-order valence-corrected chi connectivity index (χ4v) is 5.63. The van der Waals surface area contributed by atoms with Crippen LogP contribution in [0.2, 0.25) is 0 Å². The normalized spacial score (nSPS) is 12.4. The van der Waals surface area contributed by atoms with E-state index in [4.69, 9.17) is 4.74 Å². The molecule has 3 heterocycles. The average molecular weight is 612 g/mol.